The number of hydrogen-bond acceptors (Lipinski definition) is 6. The summed E-state index contributed by atoms with van der Waals surface area (Å²) in [6, 6.07) is 13.9. The van der Waals surface area contributed by atoms with Gasteiger partial charge in [-0.25, -0.2) is 4.68 Å². The summed E-state index contributed by atoms with van der Waals surface area (Å²) in [5.74, 6) is 0.489. The summed E-state index contributed by atoms with van der Waals surface area (Å²) >= 11 is 11.8. The zero-order chi connectivity index (χ0) is 23.2. The lowest BCUT2D eigenvalue weighted by molar-refractivity contribution is -0.140. The fourth-order valence-corrected chi connectivity index (χ4v) is 3.81. The van der Waals surface area contributed by atoms with Crippen LogP contribution in [0.2, 0.25) is 10.0 Å². The molecule has 0 saturated carbocycles. The number of aliphatic hydroxyl groups is 1. The summed E-state index contributed by atoms with van der Waals surface area (Å²) in [5, 5.41) is 19.9. The predicted octanol–water partition coefficient (Wildman–Crippen LogP) is 3.17. The third-order valence-electron chi connectivity index (χ3n) is 5.31. The van der Waals surface area contributed by atoms with Crippen molar-refractivity contribution in [1.82, 2.24) is 19.9 Å². The van der Waals surface area contributed by atoms with Crippen molar-refractivity contribution in [2.45, 2.75) is 25.2 Å². The maximum atomic E-state index is 12.6. The molecule has 1 N–H and O–H groups in total. The number of aliphatic hydroxyl groups excluding tert-OH is 1. The average molecular weight is 491 g/mol. The van der Waals surface area contributed by atoms with Crippen LogP contribution in [0.1, 0.15) is 17.4 Å². The van der Waals surface area contributed by atoms with E-state index in [9.17, 15) is 9.90 Å². The summed E-state index contributed by atoms with van der Waals surface area (Å²) in [4.78, 5) is 14.3. The van der Waals surface area contributed by atoms with Gasteiger partial charge in [-0.3, -0.25) is 4.79 Å². The van der Waals surface area contributed by atoms with Gasteiger partial charge >= 0.3 is 0 Å². The van der Waals surface area contributed by atoms with E-state index in [0.29, 0.717) is 41.9 Å². The quantitative estimate of drug-likeness (QED) is 0.521. The smallest absolute Gasteiger partial charge is 0.260 e. The Labute approximate surface area is 201 Å². The Morgan fingerprint density at radius 1 is 1.15 bits per heavy atom. The number of nitrogens with zero attached hydrogens (tertiary/aromatic N) is 4. The van der Waals surface area contributed by atoms with Gasteiger partial charge in [0.25, 0.3) is 5.91 Å². The first-order chi connectivity index (χ1) is 16.0. The molecule has 2 aromatic carbocycles. The molecule has 2 atom stereocenters. The Morgan fingerprint density at radius 3 is 2.58 bits per heavy atom. The summed E-state index contributed by atoms with van der Waals surface area (Å²) in [6.07, 6.45) is 1.38. The van der Waals surface area contributed by atoms with Gasteiger partial charge in [0, 0.05) is 35.8 Å². The minimum Gasteiger partial charge on any atom is -0.484 e. The average Bonchev–Trinajstić information content (AvgIpc) is 3.25. The molecule has 8 nitrogen and oxygen atoms in total. The van der Waals surface area contributed by atoms with Crippen LogP contribution in [0.4, 0.5) is 0 Å². The summed E-state index contributed by atoms with van der Waals surface area (Å²) in [6.45, 7) is 1.63. The molecule has 174 valence electrons. The number of aromatic nitrogens is 3. The lowest BCUT2D eigenvalue weighted by Gasteiger charge is -2.32. The van der Waals surface area contributed by atoms with E-state index in [4.69, 9.17) is 32.7 Å². The molecule has 2 heterocycles. The van der Waals surface area contributed by atoms with Crippen LogP contribution >= 0.6 is 23.2 Å². The van der Waals surface area contributed by atoms with Crippen LogP contribution in [-0.2, 0) is 22.5 Å². The number of ether oxygens (including phenoxy) is 2. The molecular formula is C23H24Cl2N4O4. The first kappa shape index (κ1) is 23.5. The van der Waals surface area contributed by atoms with Gasteiger partial charge in [0.15, 0.2) is 6.61 Å². The van der Waals surface area contributed by atoms with Crippen LogP contribution in [0, 0.1) is 0 Å². The zero-order valence-electron chi connectivity index (χ0n) is 17.8. The Morgan fingerprint density at radius 2 is 1.85 bits per heavy atom. The zero-order valence-corrected chi connectivity index (χ0v) is 19.3. The van der Waals surface area contributed by atoms with E-state index >= 15 is 0 Å². The maximum absolute atomic E-state index is 12.6. The monoisotopic (exact) mass is 490 g/mol. The van der Waals surface area contributed by atoms with Gasteiger partial charge in [-0.1, -0.05) is 40.5 Å². The first-order valence-electron chi connectivity index (χ1n) is 10.6. The molecule has 0 radical (unpaired) electrons. The number of amides is 1. The van der Waals surface area contributed by atoms with E-state index < -0.39 is 6.10 Å². The second kappa shape index (κ2) is 11.0. The normalized spacial score (nSPS) is 17.1. The molecule has 0 aliphatic carbocycles. The standard InChI is InChI=1S/C23H24Cl2N4O4/c24-17-3-1-16(2-4-17)22(30)14-29-12-19(26-27-29)11-21-13-28(9-10-32-21)23(31)15-33-20-7-5-18(25)6-8-20/h1-8,12,21-22,30H,9-11,13-15H2/t21?,22-/m1/s1. The minimum absolute atomic E-state index is 0.0485. The van der Waals surface area contributed by atoms with Gasteiger partial charge in [0.05, 0.1) is 31.1 Å². The highest BCUT2D eigenvalue weighted by Gasteiger charge is 2.25. The number of hydrogen-bond donors (Lipinski definition) is 1. The van der Waals surface area contributed by atoms with E-state index in [2.05, 4.69) is 10.3 Å². The number of benzene rings is 2. The Bertz CT molecular complexity index is 1060. The van der Waals surface area contributed by atoms with E-state index in [1.165, 1.54) is 0 Å². The second-order valence-corrected chi connectivity index (χ2v) is 8.65. The molecule has 0 bridgehead atoms. The van der Waals surface area contributed by atoms with Crippen molar-refractivity contribution in [3.63, 3.8) is 0 Å². The van der Waals surface area contributed by atoms with Gasteiger partial charge < -0.3 is 19.5 Å². The van der Waals surface area contributed by atoms with Gasteiger partial charge in [0.2, 0.25) is 0 Å². The van der Waals surface area contributed by atoms with Gasteiger partial charge in [-0.2, -0.15) is 0 Å². The highest BCUT2D eigenvalue weighted by atomic mass is 35.5. The lowest BCUT2D eigenvalue weighted by Crippen LogP contribution is -2.48. The van der Waals surface area contributed by atoms with Crippen LogP contribution < -0.4 is 4.74 Å². The van der Waals surface area contributed by atoms with Crippen LogP contribution in [-0.4, -0.2) is 63.3 Å². The summed E-state index contributed by atoms with van der Waals surface area (Å²) < 4.78 is 13.0. The predicted molar refractivity (Wildman–Crippen MR) is 123 cm³/mol. The number of carbonyl (C=O) groups excluding carboxylic acids is 1. The fourth-order valence-electron chi connectivity index (χ4n) is 3.56. The SMILES string of the molecule is O=C(COc1ccc(Cl)cc1)N1CCOC(Cc2cn(C[C@@H](O)c3ccc(Cl)cc3)nn2)C1. The molecule has 1 saturated heterocycles. The van der Waals surface area contributed by atoms with Crippen LogP contribution in [0.25, 0.3) is 0 Å². The molecule has 0 spiro atoms. The molecule has 1 fully saturated rings. The molecule has 3 aromatic rings. The van der Waals surface area contributed by atoms with E-state index in [0.717, 1.165) is 11.3 Å². The first-order valence-corrected chi connectivity index (χ1v) is 11.3. The Balaban J connectivity index is 1.26. The van der Waals surface area contributed by atoms with Gasteiger partial charge in [-0.05, 0) is 42.0 Å². The molecule has 1 amide bonds. The highest BCUT2D eigenvalue weighted by Crippen LogP contribution is 2.19. The molecule has 1 unspecified atom stereocenters. The number of halogens is 2. The van der Waals surface area contributed by atoms with E-state index in [1.54, 1.807) is 64.3 Å². The van der Waals surface area contributed by atoms with Crippen molar-refractivity contribution in [1.29, 1.82) is 0 Å². The molecule has 10 heteroatoms. The van der Waals surface area contributed by atoms with Crippen molar-refractivity contribution in [2.24, 2.45) is 0 Å². The van der Waals surface area contributed by atoms with Crippen molar-refractivity contribution in [3.8, 4) is 5.75 Å². The molecule has 1 aliphatic heterocycles. The topological polar surface area (TPSA) is 89.7 Å². The van der Waals surface area contributed by atoms with Crippen molar-refractivity contribution < 1.29 is 19.4 Å². The Kier molecular flexibility index (Phi) is 7.82. The van der Waals surface area contributed by atoms with E-state index in [1.807, 2.05) is 0 Å². The van der Waals surface area contributed by atoms with Crippen molar-refractivity contribution >= 4 is 29.1 Å². The molecule has 1 aromatic heterocycles. The number of carbonyl (C=O) groups is 1. The third-order valence-corrected chi connectivity index (χ3v) is 5.81. The fraction of sp³-hybridized carbons (Fsp3) is 0.348. The molecule has 1 aliphatic rings. The minimum atomic E-state index is -0.725. The Hall–Kier alpha value is -2.65. The van der Waals surface area contributed by atoms with Crippen LogP contribution in [0.15, 0.2) is 54.7 Å². The molecule has 33 heavy (non-hydrogen) atoms. The second-order valence-electron chi connectivity index (χ2n) is 7.78. The van der Waals surface area contributed by atoms with Crippen LogP contribution in [0.3, 0.4) is 0 Å². The van der Waals surface area contributed by atoms with Crippen molar-refractivity contribution in [2.75, 3.05) is 26.3 Å². The lowest BCUT2D eigenvalue weighted by atomic mass is 10.1. The summed E-state index contributed by atoms with van der Waals surface area (Å²) in [7, 11) is 0. The maximum Gasteiger partial charge on any atom is 0.260 e. The number of rotatable bonds is 8. The number of morpholine rings is 1. The highest BCUT2D eigenvalue weighted by molar-refractivity contribution is 6.30. The van der Waals surface area contributed by atoms with E-state index in [-0.39, 0.29) is 25.2 Å². The molecule has 4 rings (SSSR count). The summed E-state index contributed by atoms with van der Waals surface area (Å²) in [5.41, 5.74) is 1.48. The third kappa shape index (κ3) is 6.68. The van der Waals surface area contributed by atoms with Crippen LogP contribution in [0.5, 0.6) is 5.75 Å². The van der Waals surface area contributed by atoms with Gasteiger partial charge in [0.1, 0.15) is 5.75 Å². The largest absolute Gasteiger partial charge is 0.484 e. The van der Waals surface area contributed by atoms with Gasteiger partial charge in [-0.15, -0.1) is 5.10 Å². The molecular weight excluding hydrogens is 467 g/mol. The van der Waals surface area contributed by atoms with Crippen molar-refractivity contribution in [3.05, 3.63) is 76.0 Å².